The molecule has 2 aromatic heterocycles. The number of rotatable bonds is 8. The van der Waals surface area contributed by atoms with Crippen molar-refractivity contribution in [1.29, 1.82) is 0 Å². The number of hydrogen-bond acceptors (Lipinski definition) is 8. The van der Waals surface area contributed by atoms with Gasteiger partial charge in [-0.05, 0) is 49.2 Å². The molecule has 0 saturated heterocycles. The van der Waals surface area contributed by atoms with Crippen molar-refractivity contribution in [3.05, 3.63) is 76.8 Å². The number of methoxy groups -OCH3 is 1. The predicted octanol–water partition coefficient (Wildman–Crippen LogP) is 5.17. The Labute approximate surface area is 208 Å². The second kappa shape index (κ2) is 10.1. The third kappa shape index (κ3) is 4.35. The summed E-state index contributed by atoms with van der Waals surface area (Å²) in [6.45, 7) is 5.68. The molecule has 0 aliphatic rings. The number of aromatic nitrogens is 3. The standard InChI is InChI=1S/C27H27N3O6/c1-5-16(6-2)22-21(23(31)17-7-9-19(10-8-17)27(34)35-4)24(32)26(33)30(22)20-13-11-18(12-14-20)25-28-15(3)36-29-25/h7-14,16,32-33H,5-6H2,1-4H3. The van der Waals surface area contributed by atoms with Crippen LogP contribution in [0.2, 0.25) is 0 Å². The molecule has 9 nitrogen and oxygen atoms in total. The van der Waals surface area contributed by atoms with Crippen molar-refractivity contribution in [1.82, 2.24) is 14.7 Å². The summed E-state index contributed by atoms with van der Waals surface area (Å²) in [7, 11) is 1.28. The van der Waals surface area contributed by atoms with Crippen LogP contribution in [0.15, 0.2) is 53.1 Å². The molecule has 0 spiro atoms. The van der Waals surface area contributed by atoms with Gasteiger partial charge < -0.3 is 19.5 Å². The third-order valence-electron chi connectivity index (χ3n) is 6.24. The summed E-state index contributed by atoms with van der Waals surface area (Å²) in [5.74, 6) is -1.13. The first-order chi connectivity index (χ1) is 17.3. The van der Waals surface area contributed by atoms with Crippen LogP contribution in [0, 0.1) is 6.92 Å². The largest absolute Gasteiger partial charge is 0.503 e. The molecule has 186 valence electrons. The van der Waals surface area contributed by atoms with Gasteiger partial charge in [0.25, 0.3) is 0 Å². The average molecular weight is 490 g/mol. The Bertz CT molecular complexity index is 1400. The lowest BCUT2D eigenvalue weighted by Gasteiger charge is -2.19. The minimum atomic E-state index is -0.516. The van der Waals surface area contributed by atoms with E-state index >= 15 is 0 Å². The Hall–Kier alpha value is -4.40. The van der Waals surface area contributed by atoms with Gasteiger partial charge >= 0.3 is 5.97 Å². The van der Waals surface area contributed by atoms with Crippen LogP contribution in [-0.4, -0.2) is 43.8 Å². The number of esters is 1. The fourth-order valence-corrected chi connectivity index (χ4v) is 4.31. The molecule has 0 saturated carbocycles. The fraction of sp³-hybridized carbons (Fsp3) is 0.259. The maximum atomic E-state index is 13.6. The normalized spacial score (nSPS) is 11.1. The fourth-order valence-electron chi connectivity index (χ4n) is 4.31. The smallest absolute Gasteiger partial charge is 0.337 e. The summed E-state index contributed by atoms with van der Waals surface area (Å²) in [6.07, 6.45) is 1.36. The van der Waals surface area contributed by atoms with E-state index in [4.69, 9.17) is 9.26 Å². The van der Waals surface area contributed by atoms with Gasteiger partial charge in [-0.1, -0.05) is 31.1 Å². The molecule has 2 aromatic carbocycles. The molecule has 0 bridgehead atoms. The van der Waals surface area contributed by atoms with Gasteiger partial charge in [0.15, 0.2) is 11.5 Å². The van der Waals surface area contributed by atoms with E-state index in [2.05, 4.69) is 10.1 Å². The van der Waals surface area contributed by atoms with Crippen molar-refractivity contribution >= 4 is 11.8 Å². The van der Waals surface area contributed by atoms with E-state index in [1.54, 1.807) is 31.2 Å². The van der Waals surface area contributed by atoms with E-state index in [9.17, 15) is 19.8 Å². The number of hydrogen-bond donors (Lipinski definition) is 2. The minimum absolute atomic E-state index is 0.0323. The lowest BCUT2D eigenvalue weighted by Crippen LogP contribution is -2.12. The van der Waals surface area contributed by atoms with Crippen molar-refractivity contribution in [2.75, 3.05) is 7.11 Å². The second-order valence-electron chi connectivity index (χ2n) is 8.36. The number of carbonyl (C=O) groups excluding carboxylic acids is 2. The van der Waals surface area contributed by atoms with Crippen molar-refractivity contribution in [2.45, 2.75) is 39.5 Å². The first kappa shape index (κ1) is 24.7. The number of carbonyl (C=O) groups is 2. The Morgan fingerprint density at radius 3 is 2.14 bits per heavy atom. The van der Waals surface area contributed by atoms with E-state index in [1.165, 1.54) is 35.9 Å². The average Bonchev–Trinajstić information content (AvgIpc) is 3.45. The van der Waals surface area contributed by atoms with Gasteiger partial charge in [0.1, 0.15) is 0 Å². The summed E-state index contributed by atoms with van der Waals surface area (Å²) in [5.41, 5.74) is 2.40. The molecule has 9 heteroatoms. The molecule has 0 atom stereocenters. The van der Waals surface area contributed by atoms with Gasteiger partial charge in [0.2, 0.25) is 17.6 Å². The highest BCUT2D eigenvalue weighted by Gasteiger charge is 2.32. The van der Waals surface area contributed by atoms with E-state index in [1.807, 2.05) is 13.8 Å². The Morgan fingerprint density at radius 2 is 1.61 bits per heavy atom. The Kier molecular flexibility index (Phi) is 6.91. The first-order valence-corrected chi connectivity index (χ1v) is 11.6. The number of benzene rings is 2. The molecule has 0 aliphatic carbocycles. The van der Waals surface area contributed by atoms with Crippen LogP contribution in [0.25, 0.3) is 17.1 Å². The molecule has 2 N–H and O–H groups in total. The molecule has 4 aromatic rings. The van der Waals surface area contributed by atoms with Gasteiger partial charge in [-0.3, -0.25) is 9.36 Å². The molecule has 36 heavy (non-hydrogen) atoms. The highest BCUT2D eigenvalue weighted by molar-refractivity contribution is 6.12. The highest BCUT2D eigenvalue weighted by atomic mass is 16.5. The highest BCUT2D eigenvalue weighted by Crippen LogP contribution is 2.44. The molecule has 4 rings (SSSR count). The van der Waals surface area contributed by atoms with Crippen LogP contribution in [0.5, 0.6) is 11.6 Å². The van der Waals surface area contributed by atoms with Gasteiger partial charge in [-0.25, -0.2) is 4.79 Å². The van der Waals surface area contributed by atoms with Gasteiger partial charge in [-0.2, -0.15) is 4.98 Å². The zero-order valence-electron chi connectivity index (χ0n) is 20.5. The molecular weight excluding hydrogens is 462 g/mol. The van der Waals surface area contributed by atoms with Crippen LogP contribution in [-0.2, 0) is 4.74 Å². The van der Waals surface area contributed by atoms with E-state index in [-0.39, 0.29) is 17.0 Å². The molecule has 0 fully saturated rings. The predicted molar refractivity (Wildman–Crippen MR) is 132 cm³/mol. The van der Waals surface area contributed by atoms with Crippen LogP contribution >= 0.6 is 0 Å². The maximum absolute atomic E-state index is 13.6. The van der Waals surface area contributed by atoms with Crippen molar-refractivity contribution in [3.63, 3.8) is 0 Å². The van der Waals surface area contributed by atoms with Crippen LogP contribution in [0.3, 0.4) is 0 Å². The molecular formula is C27H27N3O6. The van der Waals surface area contributed by atoms with Crippen LogP contribution in [0.4, 0.5) is 0 Å². The Morgan fingerprint density at radius 1 is 1.00 bits per heavy atom. The molecule has 0 radical (unpaired) electrons. The number of ether oxygens (including phenoxy) is 1. The minimum Gasteiger partial charge on any atom is -0.503 e. The topological polar surface area (TPSA) is 128 Å². The van der Waals surface area contributed by atoms with Gasteiger partial charge in [-0.15, -0.1) is 0 Å². The van der Waals surface area contributed by atoms with Crippen molar-refractivity contribution < 1.29 is 29.1 Å². The number of aryl methyl sites for hydroxylation is 1. The van der Waals surface area contributed by atoms with E-state index in [0.29, 0.717) is 41.5 Å². The number of nitrogens with zero attached hydrogens (tertiary/aromatic N) is 3. The number of ketones is 1. The second-order valence-corrected chi connectivity index (χ2v) is 8.36. The lowest BCUT2D eigenvalue weighted by molar-refractivity contribution is 0.0600. The van der Waals surface area contributed by atoms with Crippen LogP contribution < -0.4 is 0 Å². The first-order valence-electron chi connectivity index (χ1n) is 11.6. The maximum Gasteiger partial charge on any atom is 0.337 e. The lowest BCUT2D eigenvalue weighted by atomic mass is 9.92. The third-order valence-corrected chi connectivity index (χ3v) is 6.24. The summed E-state index contributed by atoms with van der Waals surface area (Å²) in [4.78, 5) is 29.6. The summed E-state index contributed by atoms with van der Waals surface area (Å²) >= 11 is 0. The Balaban J connectivity index is 1.83. The monoisotopic (exact) mass is 489 g/mol. The summed E-state index contributed by atoms with van der Waals surface area (Å²) < 4.78 is 11.3. The van der Waals surface area contributed by atoms with Crippen LogP contribution in [0.1, 0.15) is 70.5 Å². The summed E-state index contributed by atoms with van der Waals surface area (Å²) in [5, 5.41) is 25.9. The molecule has 0 amide bonds. The van der Waals surface area contributed by atoms with Gasteiger partial charge in [0.05, 0.1) is 18.2 Å². The number of aromatic hydroxyl groups is 2. The molecule has 0 aliphatic heterocycles. The quantitative estimate of drug-likeness (QED) is 0.256. The zero-order valence-corrected chi connectivity index (χ0v) is 20.5. The van der Waals surface area contributed by atoms with E-state index < -0.39 is 23.4 Å². The van der Waals surface area contributed by atoms with Gasteiger partial charge in [0, 0.05) is 35.3 Å². The van der Waals surface area contributed by atoms with Crippen molar-refractivity contribution in [3.8, 4) is 28.7 Å². The summed E-state index contributed by atoms with van der Waals surface area (Å²) in [6, 6.07) is 13.0. The zero-order chi connectivity index (χ0) is 26.0. The van der Waals surface area contributed by atoms with Crippen molar-refractivity contribution in [2.24, 2.45) is 0 Å². The SMILES string of the molecule is CCC(CC)c1c(C(=O)c2ccc(C(=O)OC)cc2)c(O)c(O)n1-c1ccc(-c2noc(C)n2)cc1. The van der Waals surface area contributed by atoms with E-state index in [0.717, 1.165) is 5.56 Å². The molecule has 0 unspecified atom stereocenters. The molecule has 2 heterocycles.